The van der Waals surface area contributed by atoms with E-state index in [2.05, 4.69) is 40.3 Å². The topological polar surface area (TPSA) is 41.5 Å². The summed E-state index contributed by atoms with van der Waals surface area (Å²) in [5.74, 6) is 0.244. The average Bonchev–Trinajstić information content (AvgIpc) is 2.47. The lowest BCUT2D eigenvalue weighted by Gasteiger charge is -2.05. The summed E-state index contributed by atoms with van der Waals surface area (Å²) in [6.07, 6.45) is 1.62. The van der Waals surface area contributed by atoms with Crippen LogP contribution in [0.3, 0.4) is 0 Å². The van der Waals surface area contributed by atoms with Gasteiger partial charge in [-0.05, 0) is 41.3 Å². The molecular weight excluding hydrogens is 328 g/mol. The highest BCUT2D eigenvalue weighted by Gasteiger charge is 2.05. The van der Waals surface area contributed by atoms with Crippen LogP contribution in [0, 0.1) is 0 Å². The van der Waals surface area contributed by atoms with E-state index in [1.807, 2.05) is 48.5 Å². The molecule has 0 heterocycles. The zero-order valence-electron chi connectivity index (χ0n) is 12.0. The quantitative estimate of drug-likeness (QED) is 0.650. The summed E-state index contributed by atoms with van der Waals surface area (Å²) in [4.78, 5) is 11.9. The van der Waals surface area contributed by atoms with E-state index in [9.17, 15) is 4.79 Å². The van der Waals surface area contributed by atoms with E-state index in [1.165, 1.54) is 5.56 Å². The fourth-order valence-corrected chi connectivity index (χ4v) is 2.25. The number of rotatable bonds is 4. The van der Waals surface area contributed by atoms with Gasteiger partial charge in [-0.15, -0.1) is 0 Å². The molecule has 0 saturated carbocycles. The van der Waals surface area contributed by atoms with Gasteiger partial charge in [-0.2, -0.15) is 5.10 Å². The van der Waals surface area contributed by atoms with Crippen molar-refractivity contribution in [1.29, 1.82) is 0 Å². The van der Waals surface area contributed by atoms with Gasteiger partial charge in [0.15, 0.2) is 0 Å². The molecule has 0 atom stereocenters. The van der Waals surface area contributed by atoms with E-state index in [0.717, 1.165) is 10.0 Å². The van der Waals surface area contributed by atoms with Gasteiger partial charge in [0.05, 0.1) is 6.21 Å². The van der Waals surface area contributed by atoms with Crippen LogP contribution in [0.15, 0.2) is 58.1 Å². The van der Waals surface area contributed by atoms with E-state index < -0.39 is 0 Å². The van der Waals surface area contributed by atoms with Crippen LogP contribution in [-0.4, -0.2) is 12.1 Å². The fraction of sp³-hybridized carbons (Fsp3) is 0.176. The number of carbonyl (C=O) groups is 1. The molecule has 0 saturated heterocycles. The maximum Gasteiger partial charge on any atom is 0.271 e. The van der Waals surface area contributed by atoms with Crippen molar-refractivity contribution in [3.8, 4) is 0 Å². The first kappa shape index (κ1) is 15.4. The van der Waals surface area contributed by atoms with Crippen LogP contribution in [0.25, 0.3) is 0 Å². The number of carbonyl (C=O) groups excluding carboxylic acids is 1. The maximum absolute atomic E-state index is 11.9. The molecule has 0 fully saturated rings. The first-order valence-electron chi connectivity index (χ1n) is 6.75. The molecule has 2 aromatic rings. The molecule has 108 valence electrons. The molecule has 1 amide bonds. The summed E-state index contributed by atoms with van der Waals surface area (Å²) in [6.45, 7) is 4.24. The minimum atomic E-state index is -0.212. The molecule has 0 bridgehead atoms. The minimum Gasteiger partial charge on any atom is -0.267 e. The third-order valence-electron chi connectivity index (χ3n) is 3.07. The van der Waals surface area contributed by atoms with Gasteiger partial charge in [-0.25, -0.2) is 5.43 Å². The highest BCUT2D eigenvalue weighted by atomic mass is 79.9. The van der Waals surface area contributed by atoms with Crippen molar-refractivity contribution < 1.29 is 4.79 Å². The lowest BCUT2D eigenvalue weighted by molar-refractivity contribution is 0.0955. The van der Waals surface area contributed by atoms with Gasteiger partial charge in [-0.1, -0.05) is 54.0 Å². The first-order valence-corrected chi connectivity index (χ1v) is 7.54. The van der Waals surface area contributed by atoms with Crippen molar-refractivity contribution in [2.24, 2.45) is 5.10 Å². The zero-order valence-corrected chi connectivity index (χ0v) is 13.6. The predicted molar refractivity (Wildman–Crippen MR) is 89.7 cm³/mol. The molecule has 3 nitrogen and oxygen atoms in total. The number of hydrogen-bond donors (Lipinski definition) is 1. The number of hydrogen-bond acceptors (Lipinski definition) is 2. The lowest BCUT2D eigenvalue weighted by Crippen LogP contribution is -2.17. The summed E-state index contributed by atoms with van der Waals surface area (Å²) < 4.78 is 0.974. The van der Waals surface area contributed by atoms with E-state index in [4.69, 9.17) is 0 Å². The largest absolute Gasteiger partial charge is 0.271 e. The van der Waals surface area contributed by atoms with Crippen molar-refractivity contribution in [1.82, 2.24) is 5.43 Å². The minimum absolute atomic E-state index is 0.212. The van der Waals surface area contributed by atoms with Gasteiger partial charge in [-0.3, -0.25) is 4.79 Å². The standard InChI is InChI=1S/C17H17BrN2O/c1-12(2)14-6-8-15(9-7-14)17(21)20-19-11-13-4-3-5-16(18)10-13/h3-12H,1-2H3,(H,20,21)/b19-11+. The smallest absolute Gasteiger partial charge is 0.267 e. The second-order valence-electron chi connectivity index (χ2n) is 5.03. The maximum atomic E-state index is 11.9. The molecule has 0 aliphatic rings. The first-order chi connectivity index (χ1) is 10.1. The van der Waals surface area contributed by atoms with Crippen molar-refractivity contribution in [2.45, 2.75) is 19.8 Å². The van der Waals surface area contributed by atoms with Gasteiger partial charge in [0.2, 0.25) is 0 Å². The summed E-state index contributed by atoms with van der Waals surface area (Å²) in [7, 11) is 0. The average molecular weight is 345 g/mol. The molecular formula is C17H17BrN2O. The number of nitrogens with zero attached hydrogens (tertiary/aromatic N) is 1. The summed E-state index contributed by atoms with van der Waals surface area (Å²) in [6, 6.07) is 15.3. The Bertz CT molecular complexity index is 648. The Hall–Kier alpha value is -1.94. The molecule has 4 heteroatoms. The number of benzene rings is 2. The Labute approximate surface area is 133 Å². The van der Waals surface area contributed by atoms with E-state index >= 15 is 0 Å². The molecule has 2 aromatic carbocycles. The van der Waals surface area contributed by atoms with Gasteiger partial charge in [0.1, 0.15) is 0 Å². The highest BCUT2D eigenvalue weighted by Crippen LogP contribution is 2.14. The fourth-order valence-electron chi connectivity index (χ4n) is 1.84. The third kappa shape index (κ3) is 4.53. The summed E-state index contributed by atoms with van der Waals surface area (Å²) in [5, 5.41) is 3.97. The van der Waals surface area contributed by atoms with E-state index in [0.29, 0.717) is 11.5 Å². The molecule has 0 unspecified atom stereocenters. The van der Waals surface area contributed by atoms with Crippen molar-refractivity contribution in [3.63, 3.8) is 0 Å². The van der Waals surface area contributed by atoms with Crippen LogP contribution in [0.4, 0.5) is 0 Å². The molecule has 0 aromatic heterocycles. The van der Waals surface area contributed by atoms with Gasteiger partial charge >= 0.3 is 0 Å². The van der Waals surface area contributed by atoms with Gasteiger partial charge < -0.3 is 0 Å². The van der Waals surface area contributed by atoms with Crippen LogP contribution >= 0.6 is 15.9 Å². The Morgan fingerprint density at radius 1 is 1.19 bits per heavy atom. The summed E-state index contributed by atoms with van der Waals surface area (Å²) >= 11 is 3.39. The third-order valence-corrected chi connectivity index (χ3v) is 3.56. The lowest BCUT2D eigenvalue weighted by atomic mass is 10.0. The molecule has 0 spiro atoms. The molecule has 0 radical (unpaired) electrons. The van der Waals surface area contributed by atoms with Crippen molar-refractivity contribution in [3.05, 3.63) is 69.7 Å². The van der Waals surface area contributed by atoms with Crippen molar-refractivity contribution in [2.75, 3.05) is 0 Å². The number of hydrazone groups is 1. The number of amides is 1. The van der Waals surface area contributed by atoms with Crippen molar-refractivity contribution >= 4 is 28.1 Å². The molecule has 21 heavy (non-hydrogen) atoms. The van der Waals surface area contributed by atoms with Crippen LogP contribution in [0.1, 0.15) is 41.3 Å². The Morgan fingerprint density at radius 3 is 2.52 bits per heavy atom. The van der Waals surface area contributed by atoms with Crippen LogP contribution in [0.2, 0.25) is 0 Å². The molecule has 1 N–H and O–H groups in total. The number of halogens is 1. The van der Waals surface area contributed by atoms with E-state index in [-0.39, 0.29) is 5.91 Å². The van der Waals surface area contributed by atoms with Crippen LogP contribution in [-0.2, 0) is 0 Å². The van der Waals surface area contributed by atoms with Crippen LogP contribution < -0.4 is 5.43 Å². The van der Waals surface area contributed by atoms with Gasteiger partial charge in [0, 0.05) is 10.0 Å². The number of nitrogens with one attached hydrogen (secondary N) is 1. The molecule has 2 rings (SSSR count). The second-order valence-corrected chi connectivity index (χ2v) is 5.95. The van der Waals surface area contributed by atoms with Crippen LogP contribution in [0.5, 0.6) is 0 Å². The highest BCUT2D eigenvalue weighted by molar-refractivity contribution is 9.10. The Kier molecular flexibility index (Phi) is 5.28. The summed E-state index contributed by atoms with van der Waals surface area (Å²) in [5.41, 5.74) is 5.26. The SMILES string of the molecule is CC(C)c1ccc(C(=O)N/N=C/c2cccc(Br)c2)cc1. The molecule has 0 aliphatic carbocycles. The second kappa shape index (κ2) is 7.18. The van der Waals surface area contributed by atoms with E-state index in [1.54, 1.807) is 6.21 Å². The normalized spacial score (nSPS) is 11.0. The Morgan fingerprint density at radius 2 is 1.90 bits per heavy atom. The molecule has 0 aliphatic heterocycles. The van der Waals surface area contributed by atoms with Gasteiger partial charge in [0.25, 0.3) is 5.91 Å². The monoisotopic (exact) mass is 344 g/mol. The Balaban J connectivity index is 1.98. The predicted octanol–water partition coefficient (Wildman–Crippen LogP) is 4.34. The zero-order chi connectivity index (χ0) is 15.2.